The van der Waals surface area contributed by atoms with Crippen molar-refractivity contribution in [2.45, 2.75) is 15.2 Å². The normalized spacial score (nSPS) is 16.3. The van der Waals surface area contributed by atoms with E-state index in [2.05, 4.69) is 158 Å². The van der Waals surface area contributed by atoms with Crippen molar-refractivity contribution >= 4 is 33.3 Å². The third-order valence-electron chi connectivity index (χ3n) is 10.7. The minimum absolute atomic E-state index is 0.384. The first kappa shape index (κ1) is 24.9. The van der Waals surface area contributed by atoms with E-state index in [9.17, 15) is 0 Å². The number of hydrogen-bond donors (Lipinski definition) is 0. The van der Waals surface area contributed by atoms with Crippen LogP contribution in [0.4, 0.5) is 0 Å². The minimum atomic E-state index is -0.384. The van der Waals surface area contributed by atoms with Crippen LogP contribution >= 0.6 is 11.8 Å². The van der Waals surface area contributed by atoms with Crippen molar-refractivity contribution in [2.75, 3.05) is 0 Å². The van der Waals surface area contributed by atoms with Gasteiger partial charge in [-0.1, -0.05) is 151 Å². The Morgan fingerprint density at radius 1 is 0.370 bits per heavy atom. The quantitative estimate of drug-likeness (QED) is 0.181. The fourth-order valence-corrected chi connectivity index (χ4v) is 10.0. The predicted molar refractivity (Wildman–Crippen MR) is 193 cm³/mol. The van der Waals surface area contributed by atoms with Gasteiger partial charge in [0.15, 0.2) is 0 Å². The van der Waals surface area contributed by atoms with Crippen LogP contribution in [-0.2, 0) is 5.41 Å². The Kier molecular flexibility index (Phi) is 4.80. The molecule has 1 heterocycles. The van der Waals surface area contributed by atoms with Gasteiger partial charge in [-0.05, 0) is 101 Å². The molecule has 1 unspecified atom stereocenters. The topological polar surface area (TPSA) is 0 Å². The van der Waals surface area contributed by atoms with Gasteiger partial charge in [-0.25, -0.2) is 0 Å². The molecule has 1 atom stereocenters. The summed E-state index contributed by atoms with van der Waals surface area (Å²) in [5.41, 5.74) is 15.8. The van der Waals surface area contributed by atoms with Gasteiger partial charge in [0, 0.05) is 15.2 Å². The molecule has 8 aromatic rings. The summed E-state index contributed by atoms with van der Waals surface area (Å²) in [4.78, 5) is 2.66. The van der Waals surface area contributed by atoms with E-state index in [1.807, 2.05) is 11.8 Å². The van der Waals surface area contributed by atoms with Crippen LogP contribution in [0.1, 0.15) is 22.3 Å². The van der Waals surface area contributed by atoms with Crippen LogP contribution in [0.5, 0.6) is 0 Å². The molecule has 1 heteroatoms. The summed E-state index contributed by atoms with van der Waals surface area (Å²) in [6.07, 6.45) is 0. The maximum absolute atomic E-state index is 2.53. The number of benzene rings is 8. The van der Waals surface area contributed by atoms with Gasteiger partial charge in [0.2, 0.25) is 0 Å². The van der Waals surface area contributed by atoms with E-state index < -0.39 is 0 Å². The van der Waals surface area contributed by atoms with Crippen LogP contribution in [0.25, 0.3) is 66.1 Å². The summed E-state index contributed by atoms with van der Waals surface area (Å²) in [6, 6.07) is 59.5. The van der Waals surface area contributed by atoms with Gasteiger partial charge >= 0.3 is 0 Å². The first-order chi connectivity index (χ1) is 22.8. The molecule has 2 aliphatic carbocycles. The second-order valence-corrected chi connectivity index (χ2v) is 13.8. The van der Waals surface area contributed by atoms with Crippen molar-refractivity contribution in [1.82, 2.24) is 0 Å². The van der Waals surface area contributed by atoms with E-state index in [1.54, 1.807) is 0 Å². The summed E-state index contributed by atoms with van der Waals surface area (Å²) < 4.78 is 0. The fraction of sp³-hybridized carbons (Fsp3) is 0.0222. The zero-order valence-corrected chi connectivity index (χ0v) is 25.7. The zero-order chi connectivity index (χ0) is 30.0. The molecule has 0 fully saturated rings. The summed E-state index contributed by atoms with van der Waals surface area (Å²) in [7, 11) is 0. The van der Waals surface area contributed by atoms with Gasteiger partial charge in [0.25, 0.3) is 0 Å². The molecule has 8 aromatic carbocycles. The summed E-state index contributed by atoms with van der Waals surface area (Å²) in [5, 5.41) is 5.28. The Balaban J connectivity index is 1.26. The van der Waals surface area contributed by atoms with E-state index in [0.717, 1.165) is 0 Å². The van der Waals surface area contributed by atoms with Gasteiger partial charge in [-0.15, -0.1) is 0 Å². The van der Waals surface area contributed by atoms with E-state index in [0.29, 0.717) is 0 Å². The molecule has 1 spiro atoms. The molecule has 212 valence electrons. The van der Waals surface area contributed by atoms with Crippen molar-refractivity contribution < 1.29 is 0 Å². The molecule has 0 N–H and O–H groups in total. The van der Waals surface area contributed by atoms with Crippen molar-refractivity contribution in [3.63, 3.8) is 0 Å². The van der Waals surface area contributed by atoms with Crippen LogP contribution in [0.2, 0.25) is 0 Å². The number of fused-ring (bicyclic) bond motifs is 14. The molecule has 46 heavy (non-hydrogen) atoms. The lowest BCUT2D eigenvalue weighted by atomic mass is 9.70. The van der Waals surface area contributed by atoms with Gasteiger partial charge in [0.1, 0.15) is 0 Å². The monoisotopic (exact) mass is 598 g/mol. The van der Waals surface area contributed by atoms with Crippen LogP contribution in [0.3, 0.4) is 0 Å². The van der Waals surface area contributed by atoms with Gasteiger partial charge in [-0.3, -0.25) is 0 Å². The standard InChI is InChI=1S/C45H26S/c1-2-12-30-27(10-1)22-25-38-43(30)34-14-4-7-17-37(34)45(38)36-16-6-3-13-32(36)33-24-21-29(26-39(33)45)31-23-20-28-11-9-19-41-42(28)44(31)35-15-5-8-18-40(35)46-41/h1-26H. The van der Waals surface area contributed by atoms with Crippen LogP contribution in [0.15, 0.2) is 168 Å². The van der Waals surface area contributed by atoms with Gasteiger partial charge in [0.05, 0.1) is 5.41 Å². The first-order valence-electron chi connectivity index (χ1n) is 16.0. The molecular formula is C45H26S. The van der Waals surface area contributed by atoms with Crippen LogP contribution in [0, 0.1) is 0 Å². The molecule has 0 saturated heterocycles. The lowest BCUT2D eigenvalue weighted by molar-refractivity contribution is 0.795. The molecule has 0 radical (unpaired) electrons. The minimum Gasteiger partial charge on any atom is -0.0888 e. The molecule has 11 rings (SSSR count). The second kappa shape index (κ2) is 8.88. The smallest absolute Gasteiger partial charge is 0.0725 e. The SMILES string of the molecule is c1ccc2c(c1)Sc1cccc3ccc(-c4ccc5c(c4)C4(c6ccccc6-5)c5ccccc5-c5c4ccc4ccccc54)c-2c13. The molecule has 1 aliphatic heterocycles. The van der Waals surface area contributed by atoms with Crippen molar-refractivity contribution in [1.29, 1.82) is 0 Å². The third kappa shape index (κ3) is 2.97. The Hall–Kier alpha value is -5.37. The fourth-order valence-electron chi connectivity index (χ4n) is 8.91. The van der Waals surface area contributed by atoms with Crippen molar-refractivity contribution in [3.05, 3.63) is 180 Å². The second-order valence-electron chi connectivity index (χ2n) is 12.8. The molecule has 3 aliphatic rings. The van der Waals surface area contributed by atoms with Crippen LogP contribution in [-0.4, -0.2) is 0 Å². The molecule has 0 amide bonds. The van der Waals surface area contributed by atoms with Crippen molar-refractivity contribution in [2.24, 2.45) is 0 Å². The highest BCUT2D eigenvalue weighted by molar-refractivity contribution is 7.99. The largest absolute Gasteiger partial charge is 0.0888 e. The Morgan fingerprint density at radius 2 is 1.02 bits per heavy atom. The van der Waals surface area contributed by atoms with Gasteiger partial charge in [-0.2, -0.15) is 0 Å². The lowest BCUT2D eigenvalue weighted by Gasteiger charge is -2.31. The highest BCUT2D eigenvalue weighted by Crippen LogP contribution is 2.64. The summed E-state index contributed by atoms with van der Waals surface area (Å²) >= 11 is 1.89. The van der Waals surface area contributed by atoms with E-state index in [1.165, 1.54) is 98.1 Å². The Labute approximate surface area is 272 Å². The van der Waals surface area contributed by atoms with E-state index >= 15 is 0 Å². The number of rotatable bonds is 1. The average Bonchev–Trinajstić information content (AvgIpc) is 3.59. The average molecular weight is 599 g/mol. The van der Waals surface area contributed by atoms with E-state index in [-0.39, 0.29) is 5.41 Å². The predicted octanol–water partition coefficient (Wildman–Crippen LogP) is 12.1. The summed E-state index contributed by atoms with van der Waals surface area (Å²) in [6.45, 7) is 0. The number of hydrogen-bond acceptors (Lipinski definition) is 1. The third-order valence-corrected chi connectivity index (χ3v) is 11.8. The molecular weight excluding hydrogens is 573 g/mol. The maximum atomic E-state index is 2.53. The Bertz CT molecular complexity index is 2630. The molecule has 0 saturated carbocycles. The maximum Gasteiger partial charge on any atom is 0.0725 e. The Morgan fingerprint density at radius 3 is 1.93 bits per heavy atom. The molecule has 0 nitrogen and oxygen atoms in total. The first-order valence-corrected chi connectivity index (χ1v) is 16.8. The zero-order valence-electron chi connectivity index (χ0n) is 24.9. The van der Waals surface area contributed by atoms with Crippen molar-refractivity contribution in [3.8, 4) is 44.5 Å². The highest BCUT2D eigenvalue weighted by Gasteiger charge is 2.52. The molecule has 0 bridgehead atoms. The highest BCUT2D eigenvalue weighted by atomic mass is 32.2. The van der Waals surface area contributed by atoms with Gasteiger partial charge < -0.3 is 0 Å². The lowest BCUT2D eigenvalue weighted by Crippen LogP contribution is -2.25. The van der Waals surface area contributed by atoms with Crippen LogP contribution < -0.4 is 0 Å². The molecule has 0 aromatic heterocycles. The van der Waals surface area contributed by atoms with E-state index in [4.69, 9.17) is 0 Å². The summed E-state index contributed by atoms with van der Waals surface area (Å²) in [5.74, 6) is 0.